The second-order valence-electron chi connectivity index (χ2n) is 7.76. The Kier molecular flexibility index (Phi) is 8.12. The molecule has 1 fully saturated rings. The molecule has 0 spiro atoms. The largest absolute Gasteiger partial charge is 0.337 e. The van der Waals surface area contributed by atoms with Crippen LogP contribution in [0.5, 0.6) is 0 Å². The van der Waals surface area contributed by atoms with Gasteiger partial charge in [0.2, 0.25) is 5.91 Å². The number of piperazine rings is 1. The second kappa shape index (κ2) is 9.94. The molecule has 1 amide bonds. The van der Waals surface area contributed by atoms with Crippen molar-refractivity contribution in [3.05, 3.63) is 71.3 Å². The lowest BCUT2D eigenvalue weighted by molar-refractivity contribution is -0.147. The van der Waals surface area contributed by atoms with Crippen LogP contribution < -0.4 is 5.32 Å². The first-order valence-corrected chi connectivity index (χ1v) is 10.0. The number of rotatable bonds is 4. The fraction of sp³-hybridized carbons (Fsp3) is 0.435. The van der Waals surface area contributed by atoms with Crippen molar-refractivity contribution in [1.29, 1.82) is 0 Å². The Labute approximate surface area is 186 Å². The van der Waals surface area contributed by atoms with Crippen molar-refractivity contribution in [2.75, 3.05) is 33.2 Å². The van der Waals surface area contributed by atoms with Crippen molar-refractivity contribution >= 4 is 30.7 Å². The van der Waals surface area contributed by atoms with Crippen molar-refractivity contribution in [2.24, 2.45) is 0 Å². The van der Waals surface area contributed by atoms with Crippen LogP contribution in [0.25, 0.3) is 0 Å². The standard InChI is InChI=1S/C23H29N3O.2ClH/c1-18(19-8-4-3-5-9-19)25(2)22(27)23(26-16-14-24-15-17-26)13-12-20-10-6-7-11-21(20)23;;/h3-11,18,24H,12-17H2,1-2H3;2*1H/t18-,23-;;/m1../s1. The van der Waals surface area contributed by atoms with Crippen LogP contribution in [0.15, 0.2) is 54.6 Å². The predicted octanol–water partition coefficient (Wildman–Crippen LogP) is 3.80. The Bertz CT molecular complexity index is 811. The number of aryl methyl sites for hydroxylation is 1. The van der Waals surface area contributed by atoms with Crippen molar-refractivity contribution in [3.8, 4) is 0 Å². The van der Waals surface area contributed by atoms with Gasteiger partial charge in [0.25, 0.3) is 0 Å². The zero-order valence-electron chi connectivity index (χ0n) is 17.1. The molecule has 1 N–H and O–H groups in total. The minimum Gasteiger partial charge on any atom is -0.337 e. The van der Waals surface area contributed by atoms with Gasteiger partial charge in [0, 0.05) is 33.2 Å². The van der Waals surface area contributed by atoms with Crippen molar-refractivity contribution in [1.82, 2.24) is 15.1 Å². The third-order valence-corrected chi connectivity index (χ3v) is 6.41. The number of fused-ring (bicyclic) bond motifs is 1. The van der Waals surface area contributed by atoms with Gasteiger partial charge in [0.15, 0.2) is 0 Å². The van der Waals surface area contributed by atoms with E-state index in [0.29, 0.717) is 0 Å². The minimum atomic E-state index is -0.531. The molecular weight excluding hydrogens is 405 g/mol. The van der Waals surface area contributed by atoms with Gasteiger partial charge >= 0.3 is 0 Å². The van der Waals surface area contributed by atoms with E-state index in [2.05, 4.69) is 53.5 Å². The normalized spacial score (nSPS) is 22.0. The average molecular weight is 436 g/mol. The molecule has 0 unspecified atom stereocenters. The van der Waals surface area contributed by atoms with E-state index in [1.54, 1.807) is 0 Å². The molecule has 6 heteroatoms. The Hall–Kier alpha value is -1.59. The number of hydrogen-bond acceptors (Lipinski definition) is 3. The smallest absolute Gasteiger partial charge is 0.247 e. The van der Waals surface area contributed by atoms with Crippen LogP contribution in [0, 0.1) is 0 Å². The quantitative estimate of drug-likeness (QED) is 0.792. The molecule has 1 aliphatic heterocycles. The average Bonchev–Trinajstić information content (AvgIpc) is 3.14. The Morgan fingerprint density at radius 3 is 2.34 bits per heavy atom. The van der Waals surface area contributed by atoms with E-state index in [0.717, 1.165) is 39.0 Å². The highest BCUT2D eigenvalue weighted by molar-refractivity contribution is 5.89. The van der Waals surface area contributed by atoms with Crippen LogP contribution >= 0.6 is 24.8 Å². The van der Waals surface area contributed by atoms with Gasteiger partial charge in [-0.25, -0.2) is 0 Å². The molecule has 158 valence electrons. The van der Waals surface area contributed by atoms with Gasteiger partial charge in [-0.05, 0) is 36.5 Å². The molecule has 1 aliphatic carbocycles. The molecule has 0 radical (unpaired) electrons. The van der Waals surface area contributed by atoms with Gasteiger partial charge in [-0.15, -0.1) is 24.8 Å². The van der Waals surface area contributed by atoms with Gasteiger partial charge in [0.1, 0.15) is 5.54 Å². The lowest BCUT2D eigenvalue weighted by atomic mass is 9.86. The van der Waals surface area contributed by atoms with E-state index in [1.807, 2.05) is 30.1 Å². The van der Waals surface area contributed by atoms with Crippen molar-refractivity contribution in [3.63, 3.8) is 0 Å². The monoisotopic (exact) mass is 435 g/mol. The summed E-state index contributed by atoms with van der Waals surface area (Å²) < 4.78 is 0. The van der Waals surface area contributed by atoms with E-state index in [9.17, 15) is 4.79 Å². The molecule has 29 heavy (non-hydrogen) atoms. The van der Waals surface area contributed by atoms with Crippen LogP contribution in [-0.2, 0) is 16.8 Å². The highest BCUT2D eigenvalue weighted by atomic mass is 35.5. The summed E-state index contributed by atoms with van der Waals surface area (Å²) in [6.45, 7) is 5.82. The van der Waals surface area contributed by atoms with Crippen LogP contribution in [0.1, 0.15) is 36.1 Å². The molecule has 2 atom stereocenters. The first-order chi connectivity index (χ1) is 13.1. The fourth-order valence-corrected chi connectivity index (χ4v) is 4.75. The maximum Gasteiger partial charge on any atom is 0.247 e. The molecule has 0 saturated carbocycles. The third kappa shape index (κ3) is 4.17. The van der Waals surface area contributed by atoms with Crippen LogP contribution in [0.2, 0.25) is 0 Å². The van der Waals surface area contributed by atoms with Crippen molar-refractivity contribution < 1.29 is 4.79 Å². The maximum absolute atomic E-state index is 14.0. The Balaban J connectivity index is 0.00000150. The maximum atomic E-state index is 14.0. The first kappa shape index (κ1) is 23.7. The lowest BCUT2D eigenvalue weighted by Gasteiger charge is -2.45. The van der Waals surface area contributed by atoms with E-state index < -0.39 is 5.54 Å². The zero-order chi connectivity index (χ0) is 18.9. The van der Waals surface area contributed by atoms with E-state index in [1.165, 1.54) is 16.7 Å². The number of likely N-dealkylation sites (N-methyl/N-ethyl adjacent to an activating group) is 1. The zero-order valence-corrected chi connectivity index (χ0v) is 18.8. The Morgan fingerprint density at radius 1 is 1.03 bits per heavy atom. The number of carbonyl (C=O) groups is 1. The molecule has 4 rings (SSSR count). The van der Waals surface area contributed by atoms with Crippen LogP contribution in [0.4, 0.5) is 0 Å². The highest BCUT2D eigenvalue weighted by Crippen LogP contribution is 2.44. The number of hydrogen-bond donors (Lipinski definition) is 1. The molecule has 2 aromatic rings. The summed E-state index contributed by atoms with van der Waals surface area (Å²) in [5.41, 5.74) is 3.18. The summed E-state index contributed by atoms with van der Waals surface area (Å²) in [6, 6.07) is 18.9. The van der Waals surface area contributed by atoms with Gasteiger partial charge < -0.3 is 10.2 Å². The first-order valence-electron chi connectivity index (χ1n) is 10.0. The number of nitrogens with one attached hydrogen (secondary N) is 1. The van der Waals surface area contributed by atoms with Gasteiger partial charge in [0.05, 0.1) is 6.04 Å². The van der Waals surface area contributed by atoms with E-state index in [-0.39, 0.29) is 36.8 Å². The van der Waals surface area contributed by atoms with Crippen LogP contribution in [-0.4, -0.2) is 48.9 Å². The number of carbonyl (C=O) groups excluding carboxylic acids is 1. The molecular formula is C23H31Cl2N3O. The Morgan fingerprint density at radius 2 is 1.66 bits per heavy atom. The molecule has 1 heterocycles. The molecule has 2 aliphatic rings. The van der Waals surface area contributed by atoms with Crippen LogP contribution in [0.3, 0.4) is 0 Å². The minimum absolute atomic E-state index is 0. The summed E-state index contributed by atoms with van der Waals surface area (Å²) in [7, 11) is 1.96. The summed E-state index contributed by atoms with van der Waals surface area (Å²) in [6.07, 6.45) is 1.84. The van der Waals surface area contributed by atoms with Crippen molar-refractivity contribution in [2.45, 2.75) is 31.3 Å². The second-order valence-corrected chi connectivity index (χ2v) is 7.76. The molecule has 0 aromatic heterocycles. The lowest BCUT2D eigenvalue weighted by Crippen LogP contribution is -2.60. The third-order valence-electron chi connectivity index (χ3n) is 6.41. The highest BCUT2D eigenvalue weighted by Gasteiger charge is 2.51. The predicted molar refractivity (Wildman–Crippen MR) is 123 cm³/mol. The van der Waals surface area contributed by atoms with Gasteiger partial charge in [-0.3, -0.25) is 9.69 Å². The number of benzene rings is 2. The number of amides is 1. The van der Waals surface area contributed by atoms with Gasteiger partial charge in [-0.2, -0.15) is 0 Å². The van der Waals surface area contributed by atoms with E-state index >= 15 is 0 Å². The summed E-state index contributed by atoms with van der Waals surface area (Å²) >= 11 is 0. The summed E-state index contributed by atoms with van der Waals surface area (Å²) in [4.78, 5) is 18.4. The topological polar surface area (TPSA) is 35.6 Å². The summed E-state index contributed by atoms with van der Waals surface area (Å²) in [5.74, 6) is 0.228. The molecule has 4 nitrogen and oxygen atoms in total. The SMILES string of the molecule is C[C@H](c1ccccc1)N(C)C(=O)[C@@]1(N2CCNCC2)CCc2ccccc21.Cl.Cl. The van der Waals surface area contributed by atoms with Gasteiger partial charge in [-0.1, -0.05) is 54.6 Å². The van der Waals surface area contributed by atoms with E-state index in [4.69, 9.17) is 0 Å². The molecule has 1 saturated heterocycles. The molecule has 0 bridgehead atoms. The molecule has 2 aromatic carbocycles. The summed E-state index contributed by atoms with van der Waals surface area (Å²) in [5, 5.41) is 3.43. The number of nitrogens with zero attached hydrogens (tertiary/aromatic N) is 2. The fourth-order valence-electron chi connectivity index (χ4n) is 4.75. The number of halogens is 2.